The van der Waals surface area contributed by atoms with Gasteiger partial charge in [-0.15, -0.1) is 10.2 Å². The van der Waals surface area contributed by atoms with Gasteiger partial charge >= 0.3 is 0 Å². The number of aryl methyl sites for hydroxylation is 1. The summed E-state index contributed by atoms with van der Waals surface area (Å²) in [5.41, 5.74) is 2.25. The van der Waals surface area contributed by atoms with Crippen LogP contribution in [0.15, 0.2) is 60.0 Å². The van der Waals surface area contributed by atoms with E-state index in [0.717, 1.165) is 55.4 Å². The zero-order valence-electron chi connectivity index (χ0n) is 17.3. The van der Waals surface area contributed by atoms with Crippen molar-refractivity contribution in [1.82, 2.24) is 24.6 Å². The molecule has 1 aliphatic rings. The number of carbonyl (C=O) groups is 1. The van der Waals surface area contributed by atoms with Crippen LogP contribution in [0.1, 0.15) is 25.3 Å². The number of nitrogens with zero attached hydrogens (tertiary/aromatic N) is 5. The predicted molar refractivity (Wildman–Crippen MR) is 119 cm³/mol. The van der Waals surface area contributed by atoms with Crippen molar-refractivity contribution in [3.8, 4) is 11.4 Å². The third-order valence-corrected chi connectivity index (χ3v) is 6.53. The number of piperidine rings is 1. The Balaban J connectivity index is 1.49. The monoisotopic (exact) mass is 421 g/mol. The summed E-state index contributed by atoms with van der Waals surface area (Å²) in [7, 11) is 0. The highest BCUT2D eigenvalue weighted by molar-refractivity contribution is 7.99. The SMILES string of the molecule is CC1CCN(C(=O)CSc2nnc(-c3ccncc3)n2CCc2ccccc2)CC1. The second-order valence-electron chi connectivity index (χ2n) is 7.78. The Morgan fingerprint density at radius 3 is 2.53 bits per heavy atom. The molecule has 3 aromatic rings. The molecule has 1 aliphatic heterocycles. The van der Waals surface area contributed by atoms with Gasteiger partial charge in [0, 0.05) is 37.6 Å². The van der Waals surface area contributed by atoms with Crippen LogP contribution < -0.4 is 0 Å². The van der Waals surface area contributed by atoms with Crippen LogP contribution in [0.4, 0.5) is 0 Å². The average molecular weight is 422 g/mol. The lowest BCUT2D eigenvalue weighted by molar-refractivity contribution is -0.129. The first-order chi connectivity index (χ1) is 14.7. The Morgan fingerprint density at radius 2 is 1.80 bits per heavy atom. The minimum absolute atomic E-state index is 0.190. The van der Waals surface area contributed by atoms with Gasteiger partial charge in [-0.2, -0.15) is 0 Å². The van der Waals surface area contributed by atoms with E-state index in [9.17, 15) is 4.79 Å². The van der Waals surface area contributed by atoms with Crippen molar-refractivity contribution in [3.63, 3.8) is 0 Å². The number of hydrogen-bond donors (Lipinski definition) is 0. The molecular weight excluding hydrogens is 394 g/mol. The molecule has 0 N–H and O–H groups in total. The highest BCUT2D eigenvalue weighted by atomic mass is 32.2. The van der Waals surface area contributed by atoms with E-state index in [1.54, 1.807) is 12.4 Å². The summed E-state index contributed by atoms with van der Waals surface area (Å²) in [4.78, 5) is 18.8. The molecule has 2 aromatic heterocycles. The van der Waals surface area contributed by atoms with Crippen LogP contribution in [0.5, 0.6) is 0 Å². The molecule has 7 heteroatoms. The molecule has 6 nitrogen and oxygen atoms in total. The number of likely N-dealkylation sites (tertiary alicyclic amines) is 1. The van der Waals surface area contributed by atoms with E-state index in [-0.39, 0.29) is 5.91 Å². The maximum Gasteiger partial charge on any atom is 0.233 e. The molecule has 156 valence electrons. The number of carbonyl (C=O) groups excluding carboxylic acids is 1. The molecule has 0 spiro atoms. The molecule has 0 bridgehead atoms. The number of hydrogen-bond acceptors (Lipinski definition) is 5. The summed E-state index contributed by atoms with van der Waals surface area (Å²) >= 11 is 1.48. The van der Waals surface area contributed by atoms with Crippen LogP contribution >= 0.6 is 11.8 Å². The van der Waals surface area contributed by atoms with Gasteiger partial charge in [0.15, 0.2) is 11.0 Å². The molecule has 1 saturated heterocycles. The van der Waals surface area contributed by atoms with Crippen molar-refractivity contribution in [1.29, 1.82) is 0 Å². The number of amides is 1. The van der Waals surface area contributed by atoms with Crippen molar-refractivity contribution in [2.75, 3.05) is 18.8 Å². The van der Waals surface area contributed by atoms with Gasteiger partial charge in [-0.3, -0.25) is 9.78 Å². The largest absolute Gasteiger partial charge is 0.342 e. The maximum absolute atomic E-state index is 12.7. The van der Waals surface area contributed by atoms with Crippen LogP contribution in [-0.2, 0) is 17.8 Å². The minimum Gasteiger partial charge on any atom is -0.342 e. The zero-order chi connectivity index (χ0) is 20.8. The summed E-state index contributed by atoms with van der Waals surface area (Å²) in [6, 6.07) is 14.3. The Kier molecular flexibility index (Phi) is 6.79. The highest BCUT2D eigenvalue weighted by Crippen LogP contribution is 2.25. The third kappa shape index (κ3) is 5.08. The van der Waals surface area contributed by atoms with Gasteiger partial charge in [0.05, 0.1) is 5.75 Å². The first-order valence-electron chi connectivity index (χ1n) is 10.5. The van der Waals surface area contributed by atoms with Crippen LogP contribution in [0.25, 0.3) is 11.4 Å². The van der Waals surface area contributed by atoms with Gasteiger partial charge in [0.25, 0.3) is 0 Å². The smallest absolute Gasteiger partial charge is 0.233 e. The van der Waals surface area contributed by atoms with Crippen LogP contribution in [0.2, 0.25) is 0 Å². The minimum atomic E-state index is 0.190. The Bertz CT molecular complexity index is 952. The lowest BCUT2D eigenvalue weighted by Crippen LogP contribution is -2.38. The summed E-state index contributed by atoms with van der Waals surface area (Å²) in [5.74, 6) is 2.12. The van der Waals surface area contributed by atoms with Crippen LogP contribution in [0.3, 0.4) is 0 Å². The van der Waals surface area contributed by atoms with Crippen molar-refractivity contribution >= 4 is 17.7 Å². The maximum atomic E-state index is 12.7. The molecular formula is C23H27N5OS. The normalized spacial score (nSPS) is 14.8. The number of benzene rings is 1. The number of pyridine rings is 1. The fourth-order valence-electron chi connectivity index (χ4n) is 3.67. The molecule has 1 aromatic carbocycles. The predicted octanol–water partition coefficient (Wildman–Crippen LogP) is 3.93. The molecule has 0 atom stereocenters. The van der Waals surface area contributed by atoms with E-state index in [4.69, 9.17) is 0 Å². The average Bonchev–Trinajstić information content (AvgIpc) is 3.20. The highest BCUT2D eigenvalue weighted by Gasteiger charge is 2.22. The molecule has 30 heavy (non-hydrogen) atoms. The van der Waals surface area contributed by atoms with Crippen molar-refractivity contribution in [2.24, 2.45) is 5.92 Å². The Morgan fingerprint density at radius 1 is 1.07 bits per heavy atom. The molecule has 1 fully saturated rings. The second-order valence-corrected chi connectivity index (χ2v) is 8.72. The summed E-state index contributed by atoms with van der Waals surface area (Å²) in [6.07, 6.45) is 6.59. The van der Waals surface area contributed by atoms with E-state index in [1.165, 1.54) is 17.3 Å². The molecule has 3 heterocycles. The lowest BCUT2D eigenvalue weighted by Gasteiger charge is -2.30. The molecule has 0 aliphatic carbocycles. The summed E-state index contributed by atoms with van der Waals surface area (Å²) < 4.78 is 2.12. The molecule has 0 saturated carbocycles. The Labute approximate surface area is 181 Å². The topological polar surface area (TPSA) is 63.9 Å². The van der Waals surface area contributed by atoms with Gasteiger partial charge in [0.1, 0.15) is 0 Å². The first-order valence-corrected chi connectivity index (χ1v) is 11.5. The lowest BCUT2D eigenvalue weighted by atomic mass is 9.99. The van der Waals surface area contributed by atoms with E-state index < -0.39 is 0 Å². The fourth-order valence-corrected chi connectivity index (χ4v) is 4.54. The third-order valence-electron chi connectivity index (χ3n) is 5.58. The standard InChI is InChI=1S/C23H27N5OS/c1-18-9-14-27(15-10-18)21(29)17-30-23-26-25-22(20-7-12-24-13-8-20)28(23)16-11-19-5-3-2-4-6-19/h2-8,12-13,18H,9-11,14-17H2,1H3. The van der Waals surface area contributed by atoms with E-state index in [1.807, 2.05) is 23.1 Å². The molecule has 4 rings (SSSR count). The van der Waals surface area contributed by atoms with Crippen LogP contribution in [-0.4, -0.2) is 49.4 Å². The Hall–Kier alpha value is -2.67. The number of thioether (sulfide) groups is 1. The van der Waals surface area contributed by atoms with Gasteiger partial charge in [-0.25, -0.2) is 0 Å². The van der Waals surface area contributed by atoms with Gasteiger partial charge < -0.3 is 9.47 Å². The number of aromatic nitrogens is 4. The number of rotatable bonds is 7. The first kappa shape index (κ1) is 20.6. The molecule has 1 amide bonds. The van der Waals surface area contributed by atoms with E-state index in [2.05, 4.69) is 50.9 Å². The van der Waals surface area contributed by atoms with Crippen molar-refractivity contribution < 1.29 is 4.79 Å². The zero-order valence-corrected chi connectivity index (χ0v) is 18.1. The van der Waals surface area contributed by atoms with E-state index in [0.29, 0.717) is 11.7 Å². The molecule has 0 radical (unpaired) electrons. The van der Waals surface area contributed by atoms with E-state index >= 15 is 0 Å². The van der Waals surface area contributed by atoms with Crippen molar-refractivity contribution in [3.05, 3.63) is 60.4 Å². The summed E-state index contributed by atoms with van der Waals surface area (Å²) in [5, 5.41) is 9.65. The fraction of sp³-hybridized carbons (Fsp3) is 0.391. The van der Waals surface area contributed by atoms with Gasteiger partial charge in [0.2, 0.25) is 5.91 Å². The quantitative estimate of drug-likeness (QED) is 0.541. The molecule has 0 unspecified atom stereocenters. The summed E-state index contributed by atoms with van der Waals surface area (Å²) in [6.45, 7) is 4.74. The van der Waals surface area contributed by atoms with Crippen molar-refractivity contribution in [2.45, 2.75) is 37.9 Å². The van der Waals surface area contributed by atoms with Gasteiger partial charge in [-0.1, -0.05) is 49.0 Å². The van der Waals surface area contributed by atoms with Gasteiger partial charge in [-0.05, 0) is 42.9 Å². The second kappa shape index (κ2) is 9.89. The van der Waals surface area contributed by atoms with Crippen LogP contribution in [0, 0.1) is 5.92 Å².